The van der Waals surface area contributed by atoms with Crippen LogP contribution in [0, 0.1) is 11.6 Å². The lowest BCUT2D eigenvalue weighted by Gasteiger charge is -2.28. The zero-order valence-corrected chi connectivity index (χ0v) is 13.0. The van der Waals surface area contributed by atoms with Crippen LogP contribution in [0.3, 0.4) is 0 Å². The van der Waals surface area contributed by atoms with E-state index in [1.54, 1.807) is 0 Å². The molecule has 1 aromatic rings. The Balaban J connectivity index is 1.73. The first-order valence-electron chi connectivity index (χ1n) is 7.76. The number of likely N-dealkylation sites (tertiary alicyclic amines) is 1. The van der Waals surface area contributed by atoms with Crippen molar-refractivity contribution in [2.45, 2.75) is 24.9 Å². The van der Waals surface area contributed by atoms with Crippen molar-refractivity contribution in [3.8, 4) is 5.75 Å². The summed E-state index contributed by atoms with van der Waals surface area (Å²) >= 11 is 0. The van der Waals surface area contributed by atoms with Crippen molar-refractivity contribution in [1.82, 2.24) is 10.2 Å². The third kappa shape index (κ3) is 3.30. The molecule has 0 radical (unpaired) electrons. The molecule has 3 rings (SSSR count). The van der Waals surface area contributed by atoms with Crippen molar-refractivity contribution in [2.24, 2.45) is 0 Å². The number of ether oxygens (including phenoxy) is 2. The van der Waals surface area contributed by atoms with E-state index in [0.29, 0.717) is 13.2 Å². The molecule has 1 amide bonds. The molecule has 2 saturated heterocycles. The number of hydrogen-bond donors (Lipinski definition) is 1. The largest absolute Gasteiger partial charge is 0.497 e. The van der Waals surface area contributed by atoms with Crippen molar-refractivity contribution in [3.63, 3.8) is 0 Å². The first kappa shape index (κ1) is 16.1. The van der Waals surface area contributed by atoms with Crippen molar-refractivity contribution in [3.05, 3.63) is 29.3 Å². The number of carbonyl (C=O) groups excluding carboxylic acids is 1. The highest BCUT2D eigenvalue weighted by Gasteiger charge is 2.36. The van der Waals surface area contributed by atoms with Gasteiger partial charge in [-0.05, 0) is 25.9 Å². The van der Waals surface area contributed by atoms with Gasteiger partial charge in [-0.2, -0.15) is 0 Å². The molecule has 2 aliphatic heterocycles. The van der Waals surface area contributed by atoms with Crippen molar-refractivity contribution in [2.75, 3.05) is 33.4 Å². The van der Waals surface area contributed by atoms with E-state index >= 15 is 0 Å². The molecule has 1 aromatic carbocycles. The standard InChI is InChI=1S/C16H20F2N2O3/c1-22-10-6-11(17)15(12(18)7-10)16(21)19-13-8-23-9-14(13)20-4-2-3-5-20/h6-7,13-14H,2-5,8-9H2,1H3,(H,19,21)/t13-,14-/m0/s1. The van der Waals surface area contributed by atoms with Crippen molar-refractivity contribution < 1.29 is 23.0 Å². The SMILES string of the molecule is COc1cc(F)c(C(=O)N[C@H]2COC[C@@H]2N2CCCC2)c(F)c1. The average molecular weight is 326 g/mol. The summed E-state index contributed by atoms with van der Waals surface area (Å²) in [5.41, 5.74) is -0.585. The van der Waals surface area contributed by atoms with Gasteiger partial charge in [-0.15, -0.1) is 0 Å². The number of nitrogens with one attached hydrogen (secondary N) is 1. The van der Waals surface area contributed by atoms with Gasteiger partial charge >= 0.3 is 0 Å². The smallest absolute Gasteiger partial charge is 0.257 e. The van der Waals surface area contributed by atoms with E-state index in [0.717, 1.165) is 38.1 Å². The first-order chi connectivity index (χ1) is 11.1. The van der Waals surface area contributed by atoms with Crippen LogP contribution in [0.15, 0.2) is 12.1 Å². The zero-order valence-electron chi connectivity index (χ0n) is 13.0. The van der Waals surface area contributed by atoms with Crippen LogP contribution in [0.25, 0.3) is 0 Å². The maximum Gasteiger partial charge on any atom is 0.257 e. The molecule has 0 saturated carbocycles. The predicted octanol–water partition coefficient (Wildman–Crippen LogP) is 1.57. The maximum absolute atomic E-state index is 14.0. The number of methoxy groups -OCH3 is 1. The number of benzene rings is 1. The van der Waals surface area contributed by atoms with Gasteiger partial charge in [0.2, 0.25) is 0 Å². The van der Waals surface area contributed by atoms with Gasteiger partial charge in [-0.1, -0.05) is 0 Å². The number of halogens is 2. The van der Waals surface area contributed by atoms with E-state index < -0.39 is 23.1 Å². The highest BCUT2D eigenvalue weighted by molar-refractivity contribution is 5.95. The van der Waals surface area contributed by atoms with Gasteiger partial charge in [0.1, 0.15) is 22.9 Å². The Bertz CT molecular complexity index is 568. The van der Waals surface area contributed by atoms with Crippen molar-refractivity contribution in [1.29, 1.82) is 0 Å². The Kier molecular flexibility index (Phi) is 4.77. The van der Waals surface area contributed by atoms with E-state index in [9.17, 15) is 13.6 Å². The van der Waals surface area contributed by atoms with E-state index in [-0.39, 0.29) is 17.8 Å². The van der Waals surface area contributed by atoms with Gasteiger partial charge in [0.25, 0.3) is 5.91 Å². The minimum atomic E-state index is -0.934. The van der Waals surface area contributed by atoms with Crippen LogP contribution >= 0.6 is 0 Å². The fourth-order valence-corrected chi connectivity index (χ4v) is 3.24. The molecular weight excluding hydrogens is 306 g/mol. The van der Waals surface area contributed by atoms with E-state index in [4.69, 9.17) is 9.47 Å². The minimum absolute atomic E-state index is 0.0377. The van der Waals surface area contributed by atoms with E-state index in [1.807, 2.05) is 0 Å². The Morgan fingerprint density at radius 2 is 1.91 bits per heavy atom. The molecule has 0 bridgehead atoms. The molecule has 23 heavy (non-hydrogen) atoms. The van der Waals surface area contributed by atoms with Gasteiger partial charge in [0.15, 0.2) is 0 Å². The summed E-state index contributed by atoms with van der Waals surface area (Å²) in [6, 6.07) is 1.80. The second-order valence-corrected chi connectivity index (χ2v) is 5.89. The van der Waals surface area contributed by atoms with Gasteiger partial charge in [0, 0.05) is 12.1 Å². The monoisotopic (exact) mass is 326 g/mol. The highest BCUT2D eigenvalue weighted by Crippen LogP contribution is 2.22. The lowest BCUT2D eigenvalue weighted by Crippen LogP contribution is -2.50. The molecule has 1 N–H and O–H groups in total. The van der Waals surface area contributed by atoms with Gasteiger partial charge < -0.3 is 14.8 Å². The third-order valence-electron chi connectivity index (χ3n) is 4.46. The summed E-state index contributed by atoms with van der Waals surface area (Å²) in [6.07, 6.45) is 2.25. The molecule has 2 atom stereocenters. The summed E-state index contributed by atoms with van der Waals surface area (Å²) < 4.78 is 38.2. The Morgan fingerprint density at radius 1 is 1.26 bits per heavy atom. The van der Waals surface area contributed by atoms with E-state index in [1.165, 1.54) is 7.11 Å². The molecule has 2 aliphatic rings. The third-order valence-corrected chi connectivity index (χ3v) is 4.46. The Morgan fingerprint density at radius 3 is 2.52 bits per heavy atom. The average Bonchev–Trinajstić information content (AvgIpc) is 3.16. The molecule has 0 aliphatic carbocycles. The number of hydrogen-bond acceptors (Lipinski definition) is 4. The summed E-state index contributed by atoms with van der Waals surface area (Å²) in [5, 5.41) is 2.71. The number of nitrogens with zero attached hydrogens (tertiary/aromatic N) is 1. The Hall–Kier alpha value is -1.73. The molecule has 0 aromatic heterocycles. The van der Waals surface area contributed by atoms with Crippen LogP contribution in [0.2, 0.25) is 0 Å². The summed E-state index contributed by atoms with van der Waals surface area (Å²) in [7, 11) is 1.31. The van der Waals surface area contributed by atoms with Crippen LogP contribution in [0.1, 0.15) is 23.2 Å². The molecule has 2 heterocycles. The normalized spacial score (nSPS) is 24.8. The van der Waals surface area contributed by atoms with Crippen LogP contribution in [0.4, 0.5) is 8.78 Å². The minimum Gasteiger partial charge on any atom is -0.497 e. The maximum atomic E-state index is 14.0. The molecule has 0 spiro atoms. The van der Waals surface area contributed by atoms with Gasteiger partial charge in [0.05, 0.1) is 32.4 Å². The highest BCUT2D eigenvalue weighted by atomic mass is 19.1. The Labute approximate surface area is 133 Å². The molecule has 126 valence electrons. The molecular formula is C16H20F2N2O3. The van der Waals surface area contributed by atoms with Crippen molar-refractivity contribution >= 4 is 5.91 Å². The van der Waals surface area contributed by atoms with E-state index in [2.05, 4.69) is 10.2 Å². The zero-order chi connectivity index (χ0) is 16.4. The second-order valence-electron chi connectivity index (χ2n) is 5.89. The van der Waals surface area contributed by atoms with Crippen LogP contribution in [-0.4, -0.2) is 56.3 Å². The van der Waals surface area contributed by atoms with Gasteiger partial charge in [-0.25, -0.2) is 8.78 Å². The fourth-order valence-electron chi connectivity index (χ4n) is 3.24. The summed E-state index contributed by atoms with van der Waals surface area (Å²) in [6.45, 7) is 2.81. The molecule has 0 unspecified atom stereocenters. The molecule has 2 fully saturated rings. The van der Waals surface area contributed by atoms with Gasteiger partial charge in [-0.3, -0.25) is 9.69 Å². The first-order valence-corrected chi connectivity index (χ1v) is 7.76. The number of rotatable bonds is 4. The lowest BCUT2D eigenvalue weighted by atomic mass is 10.1. The fraction of sp³-hybridized carbons (Fsp3) is 0.562. The molecule has 7 heteroatoms. The lowest BCUT2D eigenvalue weighted by molar-refractivity contribution is 0.0908. The number of amides is 1. The second kappa shape index (κ2) is 6.80. The van der Waals surface area contributed by atoms with Crippen LogP contribution < -0.4 is 10.1 Å². The topological polar surface area (TPSA) is 50.8 Å². The summed E-state index contributed by atoms with van der Waals surface area (Å²) in [4.78, 5) is 14.6. The quantitative estimate of drug-likeness (QED) is 0.912. The summed E-state index contributed by atoms with van der Waals surface area (Å²) in [5.74, 6) is -2.59. The van der Waals surface area contributed by atoms with Crippen LogP contribution in [0.5, 0.6) is 5.75 Å². The molecule has 5 nitrogen and oxygen atoms in total. The predicted molar refractivity (Wildman–Crippen MR) is 79.6 cm³/mol. The number of carbonyl (C=O) groups is 1. The van der Waals surface area contributed by atoms with Crippen LogP contribution in [-0.2, 0) is 4.74 Å².